The first-order chi connectivity index (χ1) is 9.94. The number of hydrogen-bond acceptors (Lipinski definition) is 4. The summed E-state index contributed by atoms with van der Waals surface area (Å²) >= 11 is 0. The molecule has 0 bridgehead atoms. The van der Waals surface area contributed by atoms with Crippen molar-refractivity contribution in [1.82, 2.24) is 10.6 Å². The molecule has 0 aliphatic carbocycles. The van der Waals surface area contributed by atoms with Gasteiger partial charge in [-0.05, 0) is 30.5 Å². The molecule has 21 heavy (non-hydrogen) atoms. The van der Waals surface area contributed by atoms with Gasteiger partial charge in [-0.1, -0.05) is 30.7 Å². The molecule has 2 rings (SSSR count). The first-order valence-corrected chi connectivity index (χ1v) is 9.27. The molecule has 0 saturated carbocycles. The van der Waals surface area contributed by atoms with Crippen LogP contribution in [0.5, 0.6) is 0 Å². The Labute approximate surface area is 126 Å². The molecule has 6 heteroatoms. The Morgan fingerprint density at radius 3 is 2.76 bits per heavy atom. The number of nitrogens with one attached hydrogen (secondary N) is 2. The quantitative estimate of drug-likeness (QED) is 0.850. The zero-order valence-corrected chi connectivity index (χ0v) is 13.1. The van der Waals surface area contributed by atoms with E-state index in [-0.39, 0.29) is 17.7 Å². The summed E-state index contributed by atoms with van der Waals surface area (Å²) in [7, 11) is -3.04. The Morgan fingerprint density at radius 2 is 2.10 bits per heavy atom. The fourth-order valence-corrected chi connectivity index (χ4v) is 3.31. The monoisotopic (exact) mass is 310 g/mol. The number of benzene rings is 1. The average molecular weight is 310 g/mol. The van der Waals surface area contributed by atoms with Crippen molar-refractivity contribution >= 4 is 15.7 Å². The topological polar surface area (TPSA) is 75.3 Å². The second-order valence-electron chi connectivity index (χ2n) is 5.61. The molecule has 1 heterocycles. The van der Waals surface area contributed by atoms with Crippen LogP contribution in [0.4, 0.5) is 0 Å². The summed E-state index contributed by atoms with van der Waals surface area (Å²) in [6.45, 7) is 1.32. The van der Waals surface area contributed by atoms with Gasteiger partial charge in [0.05, 0.1) is 11.8 Å². The van der Waals surface area contributed by atoms with Crippen LogP contribution < -0.4 is 10.6 Å². The Hall–Kier alpha value is -1.40. The predicted molar refractivity (Wildman–Crippen MR) is 82.5 cm³/mol. The van der Waals surface area contributed by atoms with Gasteiger partial charge in [-0.3, -0.25) is 4.79 Å². The van der Waals surface area contributed by atoms with Gasteiger partial charge in [0.2, 0.25) is 5.91 Å². The van der Waals surface area contributed by atoms with E-state index in [2.05, 4.69) is 10.6 Å². The van der Waals surface area contributed by atoms with Crippen molar-refractivity contribution in [3.63, 3.8) is 0 Å². The van der Waals surface area contributed by atoms with E-state index in [1.807, 2.05) is 18.2 Å². The van der Waals surface area contributed by atoms with Crippen LogP contribution in [-0.4, -0.2) is 33.2 Å². The van der Waals surface area contributed by atoms with Gasteiger partial charge in [0.1, 0.15) is 0 Å². The molecule has 1 aliphatic heterocycles. The Bertz CT molecular complexity index is 593. The van der Waals surface area contributed by atoms with Gasteiger partial charge < -0.3 is 10.6 Å². The smallest absolute Gasteiger partial charge is 0.237 e. The van der Waals surface area contributed by atoms with Gasteiger partial charge in [-0.25, -0.2) is 8.42 Å². The van der Waals surface area contributed by atoms with E-state index in [0.717, 1.165) is 36.9 Å². The molecule has 1 amide bonds. The zero-order chi connectivity index (χ0) is 15.3. The molecular formula is C15H22N2O3S. The van der Waals surface area contributed by atoms with Gasteiger partial charge in [-0.2, -0.15) is 0 Å². The lowest BCUT2D eigenvalue weighted by molar-refractivity contribution is -0.123. The molecule has 1 fully saturated rings. The Morgan fingerprint density at radius 1 is 1.33 bits per heavy atom. The first kappa shape index (κ1) is 16.0. The molecular weight excluding hydrogens is 288 g/mol. The van der Waals surface area contributed by atoms with Gasteiger partial charge >= 0.3 is 0 Å². The number of amides is 1. The van der Waals surface area contributed by atoms with Crippen molar-refractivity contribution in [2.24, 2.45) is 0 Å². The molecule has 5 nitrogen and oxygen atoms in total. The van der Waals surface area contributed by atoms with E-state index in [1.165, 1.54) is 6.26 Å². The zero-order valence-electron chi connectivity index (χ0n) is 12.3. The van der Waals surface area contributed by atoms with Crippen molar-refractivity contribution in [3.8, 4) is 0 Å². The summed E-state index contributed by atoms with van der Waals surface area (Å²) in [6.07, 6.45) is 4.29. The number of hydrogen-bond donors (Lipinski definition) is 2. The van der Waals surface area contributed by atoms with Crippen LogP contribution in [0, 0.1) is 0 Å². The van der Waals surface area contributed by atoms with Crippen LogP contribution >= 0.6 is 0 Å². The van der Waals surface area contributed by atoms with E-state index >= 15 is 0 Å². The standard InChI is InChI=1S/C15H22N2O3S/c1-21(19,20)11-13-6-4-5-12(9-13)10-17-15(18)14-7-2-3-8-16-14/h4-6,9,14,16H,2-3,7-8,10-11H2,1H3,(H,17,18). The fraction of sp³-hybridized carbons (Fsp3) is 0.533. The highest BCUT2D eigenvalue weighted by Gasteiger charge is 2.19. The highest BCUT2D eigenvalue weighted by atomic mass is 32.2. The summed E-state index contributed by atoms with van der Waals surface area (Å²) < 4.78 is 22.6. The predicted octanol–water partition coefficient (Wildman–Crippen LogP) is 0.989. The molecule has 1 atom stereocenters. The summed E-state index contributed by atoms with van der Waals surface area (Å²) in [5.41, 5.74) is 1.67. The maximum absolute atomic E-state index is 12.0. The average Bonchev–Trinajstić information content (AvgIpc) is 2.44. The minimum Gasteiger partial charge on any atom is -0.351 e. The summed E-state index contributed by atoms with van der Waals surface area (Å²) in [5.74, 6) is 0.0436. The van der Waals surface area contributed by atoms with E-state index in [9.17, 15) is 13.2 Å². The molecule has 1 aromatic rings. The van der Waals surface area contributed by atoms with E-state index < -0.39 is 9.84 Å². The molecule has 2 N–H and O–H groups in total. The number of carbonyl (C=O) groups excluding carboxylic acids is 1. The highest BCUT2D eigenvalue weighted by molar-refractivity contribution is 7.89. The van der Waals surface area contributed by atoms with Crippen LogP contribution in [0.3, 0.4) is 0 Å². The maximum Gasteiger partial charge on any atom is 0.237 e. The van der Waals surface area contributed by atoms with E-state index in [0.29, 0.717) is 6.54 Å². The lowest BCUT2D eigenvalue weighted by Gasteiger charge is -2.22. The van der Waals surface area contributed by atoms with Gasteiger partial charge in [0, 0.05) is 12.8 Å². The molecule has 1 aromatic carbocycles. The van der Waals surface area contributed by atoms with Crippen molar-refractivity contribution in [2.45, 2.75) is 37.6 Å². The van der Waals surface area contributed by atoms with E-state index in [1.54, 1.807) is 6.07 Å². The molecule has 1 aliphatic rings. The van der Waals surface area contributed by atoms with Crippen LogP contribution in [0.25, 0.3) is 0 Å². The number of carbonyl (C=O) groups is 1. The van der Waals surface area contributed by atoms with Gasteiger partial charge in [-0.15, -0.1) is 0 Å². The third-order valence-electron chi connectivity index (χ3n) is 3.51. The van der Waals surface area contributed by atoms with Gasteiger partial charge in [0.15, 0.2) is 9.84 Å². The minimum absolute atomic E-state index is 0.0169. The molecule has 116 valence electrons. The Kier molecular flexibility index (Phi) is 5.36. The molecule has 1 saturated heterocycles. The normalized spacial score (nSPS) is 19.2. The third kappa shape index (κ3) is 5.47. The highest BCUT2D eigenvalue weighted by Crippen LogP contribution is 2.10. The van der Waals surface area contributed by atoms with Crippen molar-refractivity contribution in [3.05, 3.63) is 35.4 Å². The first-order valence-electron chi connectivity index (χ1n) is 7.21. The van der Waals surface area contributed by atoms with Crippen molar-refractivity contribution < 1.29 is 13.2 Å². The second kappa shape index (κ2) is 7.04. The van der Waals surface area contributed by atoms with Crippen LogP contribution in [0.1, 0.15) is 30.4 Å². The minimum atomic E-state index is -3.04. The summed E-state index contributed by atoms with van der Waals surface area (Å²) in [6, 6.07) is 7.23. The van der Waals surface area contributed by atoms with Crippen molar-refractivity contribution in [2.75, 3.05) is 12.8 Å². The van der Waals surface area contributed by atoms with E-state index in [4.69, 9.17) is 0 Å². The second-order valence-corrected chi connectivity index (χ2v) is 7.75. The number of sulfone groups is 1. The van der Waals surface area contributed by atoms with Gasteiger partial charge in [0.25, 0.3) is 0 Å². The third-order valence-corrected chi connectivity index (χ3v) is 4.37. The van der Waals surface area contributed by atoms with Crippen LogP contribution in [-0.2, 0) is 26.9 Å². The summed E-state index contributed by atoms with van der Waals surface area (Å²) in [5, 5.41) is 6.11. The lowest BCUT2D eigenvalue weighted by Crippen LogP contribution is -2.46. The lowest BCUT2D eigenvalue weighted by atomic mass is 10.0. The molecule has 0 aromatic heterocycles. The van der Waals surface area contributed by atoms with Crippen LogP contribution in [0.2, 0.25) is 0 Å². The number of rotatable bonds is 5. The molecule has 0 radical (unpaired) electrons. The summed E-state index contributed by atoms with van der Waals surface area (Å²) in [4.78, 5) is 12.0. The number of piperidine rings is 1. The SMILES string of the molecule is CS(=O)(=O)Cc1cccc(CNC(=O)C2CCCCN2)c1. The molecule has 0 spiro atoms. The fourth-order valence-electron chi connectivity index (χ4n) is 2.52. The maximum atomic E-state index is 12.0. The largest absolute Gasteiger partial charge is 0.351 e. The Balaban J connectivity index is 1.90. The molecule has 1 unspecified atom stereocenters. The van der Waals surface area contributed by atoms with Crippen LogP contribution in [0.15, 0.2) is 24.3 Å². The van der Waals surface area contributed by atoms with Crippen molar-refractivity contribution in [1.29, 1.82) is 0 Å².